The van der Waals surface area contributed by atoms with Crippen LogP contribution < -0.4 is 5.32 Å². The first-order valence-corrected chi connectivity index (χ1v) is 14.8. The number of amides is 1. The van der Waals surface area contributed by atoms with E-state index in [-0.39, 0.29) is 22.4 Å². The van der Waals surface area contributed by atoms with Gasteiger partial charge in [-0.05, 0) is 52.1 Å². The monoisotopic (exact) mass is 571 g/mol. The van der Waals surface area contributed by atoms with Gasteiger partial charge in [0.2, 0.25) is 5.91 Å². The van der Waals surface area contributed by atoms with E-state index >= 15 is 0 Å². The smallest absolute Gasteiger partial charge is 0.234 e. The van der Waals surface area contributed by atoms with Crippen LogP contribution in [0.3, 0.4) is 0 Å². The van der Waals surface area contributed by atoms with Gasteiger partial charge in [0.15, 0.2) is 9.84 Å². The maximum Gasteiger partial charge on any atom is 0.234 e. The molecular formula is C29H28ClF2N3O3S. The number of hydrogen-bond donors (Lipinski definition) is 1. The van der Waals surface area contributed by atoms with E-state index in [2.05, 4.69) is 15.1 Å². The minimum absolute atomic E-state index is 0.0171. The van der Waals surface area contributed by atoms with E-state index in [0.29, 0.717) is 43.3 Å². The first kappa shape index (κ1) is 27.5. The van der Waals surface area contributed by atoms with Crippen molar-refractivity contribution in [3.8, 4) is 0 Å². The minimum atomic E-state index is -3.75. The Morgan fingerprint density at radius 2 is 1.54 bits per heavy atom. The Morgan fingerprint density at radius 3 is 2.10 bits per heavy atom. The van der Waals surface area contributed by atoms with Crippen molar-refractivity contribution < 1.29 is 22.0 Å². The zero-order chi connectivity index (χ0) is 27.7. The third-order valence-electron chi connectivity index (χ3n) is 6.97. The zero-order valence-corrected chi connectivity index (χ0v) is 22.9. The molecule has 10 heteroatoms. The number of carbonyl (C=O) groups excluding carboxylic acids is 1. The van der Waals surface area contributed by atoms with Gasteiger partial charge in [-0.25, -0.2) is 17.2 Å². The maximum atomic E-state index is 13.9. The van der Waals surface area contributed by atoms with E-state index in [1.165, 1.54) is 0 Å². The number of halogens is 3. The molecule has 2 aliphatic rings. The van der Waals surface area contributed by atoms with Crippen molar-refractivity contribution in [3.63, 3.8) is 0 Å². The van der Waals surface area contributed by atoms with Crippen LogP contribution in [0.4, 0.5) is 8.78 Å². The summed E-state index contributed by atoms with van der Waals surface area (Å²) in [6.45, 7) is 3.10. The lowest BCUT2D eigenvalue weighted by Gasteiger charge is -2.42. The Bertz CT molecular complexity index is 1500. The fourth-order valence-corrected chi connectivity index (χ4v) is 6.61. The number of rotatable bonds is 7. The molecule has 2 aliphatic heterocycles. The summed E-state index contributed by atoms with van der Waals surface area (Å²) in [7, 11) is -3.75. The maximum absolute atomic E-state index is 13.9. The van der Waals surface area contributed by atoms with Crippen LogP contribution in [0, 0.1) is 11.6 Å². The predicted octanol–water partition coefficient (Wildman–Crippen LogP) is 4.41. The fourth-order valence-electron chi connectivity index (χ4n) is 5.28. The summed E-state index contributed by atoms with van der Waals surface area (Å²) in [5.41, 5.74) is 3.69. The molecule has 1 N–H and O–H groups in total. The lowest BCUT2D eigenvalue weighted by Crippen LogP contribution is -2.47. The largest absolute Gasteiger partial charge is 0.354 e. The second-order valence-electron chi connectivity index (χ2n) is 10.0. The summed E-state index contributed by atoms with van der Waals surface area (Å²) in [5, 5.41) is 3.44. The lowest BCUT2D eigenvalue weighted by atomic mass is 9.91. The highest BCUT2D eigenvalue weighted by Gasteiger charge is 2.35. The Morgan fingerprint density at radius 1 is 0.949 bits per heavy atom. The van der Waals surface area contributed by atoms with E-state index in [9.17, 15) is 22.0 Å². The molecule has 1 atom stereocenters. The van der Waals surface area contributed by atoms with Crippen LogP contribution in [0.2, 0.25) is 5.02 Å². The highest BCUT2D eigenvalue weighted by molar-refractivity contribution is 8.00. The molecule has 0 aromatic heterocycles. The predicted molar refractivity (Wildman–Crippen MR) is 148 cm³/mol. The SMILES string of the molecule is CS(=O)(=O)C(=C1CN([C@H](c2ccc(Cl)cc2)c2ccc(CN3CCNC(=O)C3)cc2)C1)c1cc(F)cc(F)c1. The van der Waals surface area contributed by atoms with Crippen molar-refractivity contribution in [1.29, 1.82) is 0 Å². The summed E-state index contributed by atoms with van der Waals surface area (Å²) in [4.78, 5) is 15.9. The molecule has 204 valence electrons. The first-order valence-electron chi connectivity index (χ1n) is 12.5. The average molecular weight is 572 g/mol. The van der Waals surface area contributed by atoms with Crippen molar-refractivity contribution >= 4 is 32.3 Å². The Hall–Kier alpha value is -3.11. The Labute approximate surface area is 231 Å². The number of nitrogens with zero attached hydrogens (tertiary/aromatic N) is 2. The van der Waals surface area contributed by atoms with Crippen molar-refractivity contribution in [2.24, 2.45) is 0 Å². The number of piperazine rings is 1. The van der Waals surface area contributed by atoms with Gasteiger partial charge in [0, 0.05) is 50.1 Å². The van der Waals surface area contributed by atoms with Gasteiger partial charge in [-0.15, -0.1) is 0 Å². The van der Waals surface area contributed by atoms with Gasteiger partial charge in [0.25, 0.3) is 0 Å². The van der Waals surface area contributed by atoms with Crippen LogP contribution in [0.5, 0.6) is 0 Å². The molecule has 5 rings (SSSR count). The molecule has 6 nitrogen and oxygen atoms in total. The molecule has 0 radical (unpaired) electrons. The fraction of sp³-hybridized carbons (Fsp3) is 0.276. The van der Waals surface area contributed by atoms with Gasteiger partial charge in [0.1, 0.15) is 11.6 Å². The third-order valence-corrected chi connectivity index (χ3v) is 8.49. The lowest BCUT2D eigenvalue weighted by molar-refractivity contribution is -0.124. The molecule has 3 aromatic rings. The second-order valence-corrected chi connectivity index (χ2v) is 12.4. The summed E-state index contributed by atoms with van der Waals surface area (Å²) >= 11 is 6.14. The summed E-state index contributed by atoms with van der Waals surface area (Å²) < 4.78 is 53.3. The number of likely N-dealkylation sites (tertiary alicyclic amines) is 1. The Balaban J connectivity index is 1.44. The van der Waals surface area contributed by atoms with E-state index < -0.39 is 21.5 Å². The number of nitrogens with one attached hydrogen (secondary N) is 1. The van der Waals surface area contributed by atoms with Gasteiger partial charge in [-0.3, -0.25) is 14.6 Å². The van der Waals surface area contributed by atoms with E-state index in [0.717, 1.165) is 47.7 Å². The molecule has 2 fully saturated rings. The normalized spacial score (nSPS) is 17.4. The van der Waals surface area contributed by atoms with E-state index in [4.69, 9.17) is 11.6 Å². The molecule has 0 unspecified atom stereocenters. The van der Waals surface area contributed by atoms with Crippen molar-refractivity contribution in [2.45, 2.75) is 12.6 Å². The standard InChI is InChI=1S/C29H28ClF2N3O3S/c1-39(37,38)29(22-12-25(31)14-26(32)13-22)23-16-35(17-23)28(21-6-8-24(30)9-7-21)20-4-2-19(3-5-20)15-34-11-10-33-27(36)18-34/h2-9,12-14,28H,10-11,15-18H2,1H3,(H,33,36)/t28-/m0/s1. The molecule has 2 heterocycles. The second kappa shape index (κ2) is 11.2. The van der Waals surface area contributed by atoms with Gasteiger partial charge < -0.3 is 5.32 Å². The van der Waals surface area contributed by atoms with Crippen molar-refractivity contribution in [1.82, 2.24) is 15.1 Å². The highest BCUT2D eigenvalue weighted by Crippen LogP contribution is 2.38. The van der Waals surface area contributed by atoms with Gasteiger partial charge in [0.05, 0.1) is 17.5 Å². The number of hydrogen-bond acceptors (Lipinski definition) is 5. The molecule has 39 heavy (non-hydrogen) atoms. The van der Waals surface area contributed by atoms with Crippen LogP contribution in [-0.4, -0.2) is 63.1 Å². The van der Waals surface area contributed by atoms with Gasteiger partial charge in [-0.2, -0.15) is 0 Å². The van der Waals surface area contributed by atoms with Gasteiger partial charge in [-0.1, -0.05) is 48.0 Å². The molecule has 0 aliphatic carbocycles. The van der Waals surface area contributed by atoms with E-state index in [1.807, 2.05) is 48.5 Å². The average Bonchev–Trinajstić information content (AvgIpc) is 2.83. The summed E-state index contributed by atoms with van der Waals surface area (Å²) in [5.74, 6) is -1.63. The molecule has 0 spiro atoms. The first-order chi connectivity index (χ1) is 18.6. The molecular weight excluding hydrogens is 544 g/mol. The van der Waals surface area contributed by atoms with Crippen LogP contribution in [0.1, 0.15) is 28.3 Å². The molecule has 2 saturated heterocycles. The van der Waals surface area contributed by atoms with E-state index in [1.54, 1.807) is 0 Å². The number of carbonyl (C=O) groups is 1. The summed E-state index contributed by atoms with van der Waals surface area (Å²) in [6, 6.07) is 18.3. The third kappa shape index (κ3) is 6.38. The number of sulfone groups is 1. The highest BCUT2D eigenvalue weighted by atomic mass is 35.5. The quantitative estimate of drug-likeness (QED) is 0.455. The Kier molecular flexibility index (Phi) is 7.87. The zero-order valence-electron chi connectivity index (χ0n) is 21.3. The van der Waals surface area contributed by atoms with Crippen molar-refractivity contribution in [3.05, 3.63) is 111 Å². The minimum Gasteiger partial charge on any atom is -0.354 e. The molecule has 0 bridgehead atoms. The topological polar surface area (TPSA) is 69.7 Å². The van der Waals surface area contributed by atoms with Crippen LogP contribution in [0.15, 0.2) is 72.3 Å². The summed E-state index contributed by atoms with van der Waals surface area (Å²) in [6.07, 6.45) is 1.06. The van der Waals surface area contributed by atoms with Crippen molar-refractivity contribution in [2.75, 3.05) is 39.0 Å². The molecule has 3 aromatic carbocycles. The van der Waals surface area contributed by atoms with Crippen LogP contribution in [0.25, 0.3) is 4.91 Å². The van der Waals surface area contributed by atoms with Gasteiger partial charge >= 0.3 is 0 Å². The van der Waals surface area contributed by atoms with Crippen LogP contribution >= 0.6 is 11.6 Å². The molecule has 1 amide bonds. The number of benzene rings is 3. The molecule has 0 saturated carbocycles. The van der Waals surface area contributed by atoms with Crippen LogP contribution in [-0.2, 0) is 21.2 Å².